The summed E-state index contributed by atoms with van der Waals surface area (Å²) in [5.41, 5.74) is 0. The molecular weight excluding hydrogens is 192 g/mol. The maximum atomic E-state index is 9.02. The van der Waals surface area contributed by atoms with Gasteiger partial charge in [0.25, 0.3) is 0 Å². The Morgan fingerprint density at radius 2 is 2.00 bits per heavy atom. The maximum Gasteiger partial charge on any atom is 0.0606 e. The largest absolute Gasteiger partial charge is 0.393 e. The summed E-state index contributed by atoms with van der Waals surface area (Å²) >= 11 is 7.34. The van der Waals surface area contributed by atoms with Crippen molar-refractivity contribution in [1.29, 1.82) is 0 Å². The second-order valence-electron chi connectivity index (χ2n) is 2.61. The van der Waals surface area contributed by atoms with E-state index in [1.165, 1.54) is 0 Å². The molecule has 0 aliphatic heterocycles. The number of rotatable bonds is 3. The van der Waals surface area contributed by atoms with Gasteiger partial charge >= 0.3 is 0 Å². The van der Waals surface area contributed by atoms with Gasteiger partial charge in [0, 0.05) is 15.7 Å². The second-order valence-corrected chi connectivity index (χ2v) is 4.14. The van der Waals surface area contributed by atoms with Crippen LogP contribution in [0.2, 0.25) is 5.02 Å². The molecule has 0 radical (unpaired) electrons. The fourth-order valence-corrected chi connectivity index (χ4v) is 1.64. The molecule has 1 aromatic carbocycles. The summed E-state index contributed by atoms with van der Waals surface area (Å²) in [6.07, 6.45) is -0.259. The molecule has 1 nitrogen and oxygen atoms in total. The molecule has 1 aromatic rings. The van der Waals surface area contributed by atoms with Crippen molar-refractivity contribution >= 4 is 23.4 Å². The number of halogens is 1. The number of benzene rings is 1. The van der Waals surface area contributed by atoms with Crippen LogP contribution in [-0.2, 0) is 0 Å². The van der Waals surface area contributed by atoms with Gasteiger partial charge in [0.05, 0.1) is 6.10 Å². The number of thioether (sulfide) groups is 1. The van der Waals surface area contributed by atoms with Crippen LogP contribution in [0.1, 0.15) is 6.92 Å². The molecule has 0 aliphatic rings. The minimum absolute atomic E-state index is 0.259. The second kappa shape index (κ2) is 4.75. The van der Waals surface area contributed by atoms with Gasteiger partial charge in [0.2, 0.25) is 0 Å². The zero-order valence-electron chi connectivity index (χ0n) is 6.83. The Labute approximate surface area is 81.7 Å². The molecule has 12 heavy (non-hydrogen) atoms. The summed E-state index contributed by atoms with van der Waals surface area (Å²) < 4.78 is 0. The molecule has 0 unspecified atom stereocenters. The van der Waals surface area contributed by atoms with E-state index in [2.05, 4.69) is 0 Å². The minimum Gasteiger partial charge on any atom is -0.393 e. The van der Waals surface area contributed by atoms with Crippen LogP contribution in [0.3, 0.4) is 0 Å². The Kier molecular flexibility index (Phi) is 3.92. The third kappa shape index (κ3) is 3.48. The molecule has 0 spiro atoms. The first-order valence-electron chi connectivity index (χ1n) is 3.75. The fourth-order valence-electron chi connectivity index (χ4n) is 0.748. The van der Waals surface area contributed by atoms with Crippen LogP contribution >= 0.6 is 23.4 Å². The smallest absolute Gasteiger partial charge is 0.0606 e. The highest BCUT2D eigenvalue weighted by molar-refractivity contribution is 7.99. The molecule has 0 saturated heterocycles. The van der Waals surface area contributed by atoms with Gasteiger partial charge in [0.15, 0.2) is 0 Å². The molecule has 0 bridgehead atoms. The summed E-state index contributed by atoms with van der Waals surface area (Å²) in [4.78, 5) is 1.14. The molecule has 1 atom stereocenters. The van der Waals surface area contributed by atoms with E-state index in [0.717, 1.165) is 15.7 Å². The van der Waals surface area contributed by atoms with Crippen molar-refractivity contribution in [3.05, 3.63) is 29.3 Å². The lowest BCUT2D eigenvalue weighted by Gasteiger charge is -2.03. The van der Waals surface area contributed by atoms with E-state index in [9.17, 15) is 0 Å². The first kappa shape index (κ1) is 9.90. The van der Waals surface area contributed by atoms with Crippen LogP contribution < -0.4 is 0 Å². The standard InChI is InChI=1S/C9H11ClOS/c1-7(11)6-12-9-4-2-8(10)3-5-9/h2-5,7,11H,6H2,1H3/t7-/m1/s1. The Bertz CT molecular complexity index is 233. The third-order valence-electron chi connectivity index (χ3n) is 1.30. The molecule has 66 valence electrons. The lowest BCUT2D eigenvalue weighted by Crippen LogP contribution is -2.01. The first-order chi connectivity index (χ1) is 5.68. The van der Waals surface area contributed by atoms with E-state index in [1.807, 2.05) is 24.3 Å². The van der Waals surface area contributed by atoms with Gasteiger partial charge in [-0.25, -0.2) is 0 Å². The highest BCUT2D eigenvalue weighted by atomic mass is 35.5. The zero-order valence-corrected chi connectivity index (χ0v) is 8.40. The molecule has 0 fully saturated rings. The lowest BCUT2D eigenvalue weighted by atomic mass is 10.4. The van der Waals surface area contributed by atoms with Gasteiger partial charge in [-0.1, -0.05) is 11.6 Å². The molecule has 1 N–H and O–H groups in total. The minimum atomic E-state index is -0.259. The van der Waals surface area contributed by atoms with Gasteiger partial charge in [-0.05, 0) is 31.2 Å². The van der Waals surface area contributed by atoms with Crippen molar-refractivity contribution in [1.82, 2.24) is 0 Å². The van der Waals surface area contributed by atoms with E-state index < -0.39 is 0 Å². The van der Waals surface area contributed by atoms with E-state index in [1.54, 1.807) is 18.7 Å². The summed E-state index contributed by atoms with van der Waals surface area (Å²) in [5.74, 6) is 0.724. The van der Waals surface area contributed by atoms with Crippen LogP contribution in [0.5, 0.6) is 0 Å². The van der Waals surface area contributed by atoms with Crippen molar-refractivity contribution in [2.75, 3.05) is 5.75 Å². The average molecular weight is 203 g/mol. The summed E-state index contributed by atoms with van der Waals surface area (Å²) in [6, 6.07) is 7.61. The molecule has 0 amide bonds. The van der Waals surface area contributed by atoms with E-state index in [0.29, 0.717) is 0 Å². The first-order valence-corrected chi connectivity index (χ1v) is 5.11. The van der Waals surface area contributed by atoms with Crippen molar-refractivity contribution in [3.8, 4) is 0 Å². The number of hydrogen-bond acceptors (Lipinski definition) is 2. The van der Waals surface area contributed by atoms with E-state index in [4.69, 9.17) is 16.7 Å². The summed E-state index contributed by atoms with van der Waals surface area (Å²) in [7, 11) is 0. The van der Waals surface area contributed by atoms with Gasteiger partial charge < -0.3 is 5.11 Å². The Morgan fingerprint density at radius 3 is 2.50 bits per heavy atom. The average Bonchev–Trinajstić information content (AvgIpc) is 2.03. The predicted molar refractivity (Wildman–Crippen MR) is 53.9 cm³/mol. The predicted octanol–water partition coefficient (Wildman–Crippen LogP) is 2.81. The van der Waals surface area contributed by atoms with Crippen molar-refractivity contribution < 1.29 is 5.11 Å². The number of hydrogen-bond donors (Lipinski definition) is 1. The third-order valence-corrected chi connectivity index (χ3v) is 2.81. The van der Waals surface area contributed by atoms with Crippen molar-refractivity contribution in [2.24, 2.45) is 0 Å². The van der Waals surface area contributed by atoms with Crippen LogP contribution in [0.15, 0.2) is 29.2 Å². The maximum absolute atomic E-state index is 9.02. The molecular formula is C9H11ClOS. The van der Waals surface area contributed by atoms with Gasteiger partial charge in [-0.2, -0.15) is 0 Å². The molecule has 0 aromatic heterocycles. The van der Waals surface area contributed by atoms with E-state index in [-0.39, 0.29) is 6.10 Å². The normalized spacial score (nSPS) is 12.9. The monoisotopic (exact) mass is 202 g/mol. The number of aliphatic hydroxyl groups excluding tert-OH is 1. The van der Waals surface area contributed by atoms with Gasteiger partial charge in [0.1, 0.15) is 0 Å². The SMILES string of the molecule is C[C@@H](O)CSc1ccc(Cl)cc1. The van der Waals surface area contributed by atoms with Gasteiger partial charge in [-0.3, -0.25) is 0 Å². The van der Waals surface area contributed by atoms with Crippen LogP contribution in [0, 0.1) is 0 Å². The van der Waals surface area contributed by atoms with Crippen LogP contribution in [-0.4, -0.2) is 17.0 Å². The quantitative estimate of drug-likeness (QED) is 0.761. The van der Waals surface area contributed by atoms with Crippen LogP contribution in [0.25, 0.3) is 0 Å². The molecule has 0 saturated carbocycles. The molecule has 3 heteroatoms. The van der Waals surface area contributed by atoms with E-state index >= 15 is 0 Å². The molecule has 1 rings (SSSR count). The summed E-state index contributed by atoms with van der Waals surface area (Å²) in [6.45, 7) is 1.78. The Balaban J connectivity index is 2.48. The highest BCUT2D eigenvalue weighted by Crippen LogP contribution is 2.20. The fraction of sp³-hybridized carbons (Fsp3) is 0.333. The zero-order chi connectivity index (χ0) is 8.97. The van der Waals surface area contributed by atoms with Crippen molar-refractivity contribution in [3.63, 3.8) is 0 Å². The topological polar surface area (TPSA) is 20.2 Å². The van der Waals surface area contributed by atoms with Crippen LogP contribution in [0.4, 0.5) is 0 Å². The lowest BCUT2D eigenvalue weighted by molar-refractivity contribution is 0.220. The number of aliphatic hydroxyl groups is 1. The van der Waals surface area contributed by atoms with Crippen molar-refractivity contribution in [2.45, 2.75) is 17.9 Å². The Morgan fingerprint density at radius 1 is 1.42 bits per heavy atom. The highest BCUT2D eigenvalue weighted by Gasteiger charge is 1.97. The Hall–Kier alpha value is -0.180. The van der Waals surface area contributed by atoms with Gasteiger partial charge in [-0.15, -0.1) is 11.8 Å². The molecule has 0 aliphatic carbocycles. The molecule has 0 heterocycles. The summed E-state index contributed by atoms with van der Waals surface area (Å²) in [5, 5.41) is 9.77.